The van der Waals surface area contributed by atoms with E-state index in [1.165, 1.54) is 0 Å². The van der Waals surface area contributed by atoms with Crippen molar-refractivity contribution in [1.29, 1.82) is 0 Å². The summed E-state index contributed by atoms with van der Waals surface area (Å²) in [7, 11) is 0. The zero-order chi connectivity index (χ0) is 11.1. The third-order valence-electron chi connectivity index (χ3n) is 2.40. The van der Waals surface area contributed by atoms with Crippen LogP contribution in [0, 0.1) is 0 Å². The first-order valence-corrected chi connectivity index (χ1v) is 5.03. The molecular formula is C12H16N2O. The fourth-order valence-corrected chi connectivity index (χ4v) is 1.80. The number of nitrogen functional groups attached to an aromatic ring is 1. The molecule has 0 bridgehead atoms. The normalized spacial score (nSPS) is 12.2. The number of nitrogens with zero attached hydrogens (tertiary/aromatic N) is 1. The van der Waals surface area contributed by atoms with Crippen LogP contribution in [0.2, 0.25) is 0 Å². The average Bonchev–Trinajstić information content (AvgIpc) is 2.48. The van der Waals surface area contributed by atoms with Gasteiger partial charge >= 0.3 is 0 Å². The Bertz CT molecular complexity index is 480. The number of nitrogens with two attached hydrogens (primary N) is 1. The van der Waals surface area contributed by atoms with Gasteiger partial charge in [-0.25, -0.2) is 0 Å². The minimum Gasteiger partial charge on any atom is -0.398 e. The molecular weight excluding hydrogens is 188 g/mol. The van der Waals surface area contributed by atoms with Crippen LogP contribution in [0.3, 0.4) is 0 Å². The highest BCUT2D eigenvalue weighted by molar-refractivity contribution is 5.91. The Hall–Kier alpha value is -1.48. The summed E-state index contributed by atoms with van der Waals surface area (Å²) in [6.07, 6.45) is 1.96. The molecule has 0 aliphatic heterocycles. The van der Waals surface area contributed by atoms with Gasteiger partial charge in [0.2, 0.25) is 0 Å². The molecule has 2 rings (SSSR count). The first kappa shape index (κ1) is 10.1. The van der Waals surface area contributed by atoms with Gasteiger partial charge in [-0.15, -0.1) is 0 Å². The molecule has 1 aromatic heterocycles. The van der Waals surface area contributed by atoms with Crippen LogP contribution in [-0.4, -0.2) is 15.3 Å². The lowest BCUT2D eigenvalue weighted by atomic mass is 10.1. The predicted molar refractivity (Wildman–Crippen MR) is 62.6 cm³/mol. The van der Waals surface area contributed by atoms with Gasteiger partial charge in [0.05, 0.1) is 17.7 Å². The van der Waals surface area contributed by atoms with Crippen molar-refractivity contribution in [3.63, 3.8) is 0 Å². The van der Waals surface area contributed by atoms with Crippen molar-refractivity contribution in [2.45, 2.75) is 26.0 Å². The zero-order valence-electron chi connectivity index (χ0n) is 9.07. The summed E-state index contributed by atoms with van der Waals surface area (Å²) in [5.74, 6) is 0. The van der Waals surface area contributed by atoms with Crippen LogP contribution in [0.1, 0.15) is 13.8 Å². The van der Waals surface area contributed by atoms with Gasteiger partial charge in [0.1, 0.15) is 0 Å². The zero-order valence-corrected chi connectivity index (χ0v) is 9.07. The molecule has 0 fully saturated rings. The van der Waals surface area contributed by atoms with Crippen molar-refractivity contribution >= 4 is 16.6 Å². The molecule has 0 aliphatic carbocycles. The van der Waals surface area contributed by atoms with Crippen LogP contribution in [0.5, 0.6) is 0 Å². The fourth-order valence-electron chi connectivity index (χ4n) is 1.80. The van der Waals surface area contributed by atoms with E-state index in [4.69, 9.17) is 5.73 Å². The molecule has 0 saturated carbocycles. The number of anilines is 1. The van der Waals surface area contributed by atoms with Crippen LogP contribution in [0.4, 0.5) is 5.69 Å². The van der Waals surface area contributed by atoms with E-state index < -0.39 is 5.60 Å². The standard InChI is InChI=1S/C12H16N2O/c1-12(2,15)8-14-7-6-9-10(13)4-3-5-11(9)14/h3-7,15H,8,13H2,1-2H3. The summed E-state index contributed by atoms with van der Waals surface area (Å²) < 4.78 is 2.02. The molecule has 80 valence electrons. The second kappa shape index (κ2) is 3.28. The van der Waals surface area contributed by atoms with Gasteiger partial charge in [0.25, 0.3) is 0 Å². The molecule has 0 atom stereocenters. The summed E-state index contributed by atoms with van der Waals surface area (Å²) >= 11 is 0. The largest absolute Gasteiger partial charge is 0.398 e. The summed E-state index contributed by atoms with van der Waals surface area (Å²) in [4.78, 5) is 0. The maximum Gasteiger partial charge on any atom is 0.0769 e. The monoisotopic (exact) mass is 204 g/mol. The van der Waals surface area contributed by atoms with E-state index in [-0.39, 0.29) is 0 Å². The molecule has 0 unspecified atom stereocenters. The lowest BCUT2D eigenvalue weighted by Crippen LogP contribution is -2.25. The first-order chi connectivity index (χ1) is 6.97. The highest BCUT2D eigenvalue weighted by Crippen LogP contribution is 2.23. The van der Waals surface area contributed by atoms with E-state index in [1.54, 1.807) is 13.8 Å². The topological polar surface area (TPSA) is 51.2 Å². The van der Waals surface area contributed by atoms with Gasteiger partial charge in [-0.2, -0.15) is 0 Å². The van der Waals surface area contributed by atoms with E-state index >= 15 is 0 Å². The Balaban J connectivity index is 2.50. The molecule has 3 nitrogen and oxygen atoms in total. The Morgan fingerprint density at radius 1 is 1.33 bits per heavy atom. The summed E-state index contributed by atoms with van der Waals surface area (Å²) in [6, 6.07) is 7.81. The predicted octanol–water partition coefficient (Wildman–Crippen LogP) is 1.99. The van der Waals surface area contributed by atoms with Gasteiger partial charge in [0, 0.05) is 17.3 Å². The molecule has 1 aromatic carbocycles. The first-order valence-electron chi connectivity index (χ1n) is 5.03. The number of aromatic nitrogens is 1. The third-order valence-corrected chi connectivity index (χ3v) is 2.40. The minimum absolute atomic E-state index is 0.569. The van der Waals surface area contributed by atoms with E-state index in [0.717, 1.165) is 16.6 Å². The average molecular weight is 204 g/mol. The van der Waals surface area contributed by atoms with Gasteiger partial charge in [0.15, 0.2) is 0 Å². The highest BCUT2D eigenvalue weighted by Gasteiger charge is 2.14. The Kier molecular flexibility index (Phi) is 2.20. The van der Waals surface area contributed by atoms with Crippen LogP contribution < -0.4 is 5.73 Å². The van der Waals surface area contributed by atoms with E-state index in [1.807, 2.05) is 35.0 Å². The fraction of sp³-hybridized carbons (Fsp3) is 0.333. The lowest BCUT2D eigenvalue weighted by Gasteiger charge is -2.18. The number of hydrogen-bond acceptors (Lipinski definition) is 2. The summed E-state index contributed by atoms with van der Waals surface area (Å²) in [5, 5.41) is 10.8. The number of hydrogen-bond donors (Lipinski definition) is 2. The van der Waals surface area contributed by atoms with Gasteiger partial charge in [-0.3, -0.25) is 0 Å². The maximum atomic E-state index is 9.77. The SMILES string of the molecule is CC(C)(O)Cn1ccc2c(N)cccc21. The molecule has 0 amide bonds. The maximum absolute atomic E-state index is 9.77. The Morgan fingerprint density at radius 2 is 2.07 bits per heavy atom. The Morgan fingerprint density at radius 3 is 2.73 bits per heavy atom. The number of aliphatic hydroxyl groups is 1. The van der Waals surface area contributed by atoms with Crippen LogP contribution >= 0.6 is 0 Å². The van der Waals surface area contributed by atoms with E-state index in [0.29, 0.717) is 6.54 Å². The molecule has 0 spiro atoms. The summed E-state index contributed by atoms with van der Waals surface area (Å²) in [6.45, 7) is 4.16. The second-order valence-corrected chi connectivity index (χ2v) is 4.54. The molecule has 0 radical (unpaired) electrons. The molecule has 15 heavy (non-hydrogen) atoms. The van der Waals surface area contributed by atoms with Crippen LogP contribution in [-0.2, 0) is 6.54 Å². The van der Waals surface area contributed by atoms with Crippen LogP contribution in [0.25, 0.3) is 10.9 Å². The molecule has 0 aliphatic rings. The van der Waals surface area contributed by atoms with Gasteiger partial charge in [-0.05, 0) is 32.0 Å². The van der Waals surface area contributed by atoms with Crippen molar-refractivity contribution in [2.75, 3.05) is 5.73 Å². The molecule has 0 saturated heterocycles. The van der Waals surface area contributed by atoms with Crippen molar-refractivity contribution in [3.8, 4) is 0 Å². The van der Waals surface area contributed by atoms with Crippen LogP contribution in [0.15, 0.2) is 30.5 Å². The van der Waals surface area contributed by atoms with Crippen molar-refractivity contribution in [3.05, 3.63) is 30.5 Å². The lowest BCUT2D eigenvalue weighted by molar-refractivity contribution is 0.0628. The third kappa shape index (κ3) is 1.97. The van der Waals surface area contributed by atoms with Crippen molar-refractivity contribution < 1.29 is 5.11 Å². The number of benzene rings is 1. The second-order valence-electron chi connectivity index (χ2n) is 4.54. The van der Waals surface area contributed by atoms with Crippen molar-refractivity contribution in [2.24, 2.45) is 0 Å². The van der Waals surface area contributed by atoms with Crippen molar-refractivity contribution in [1.82, 2.24) is 4.57 Å². The molecule has 1 heterocycles. The van der Waals surface area contributed by atoms with Gasteiger partial charge in [-0.1, -0.05) is 6.07 Å². The minimum atomic E-state index is -0.712. The quantitative estimate of drug-likeness (QED) is 0.735. The molecule has 2 aromatic rings. The number of fused-ring (bicyclic) bond motifs is 1. The van der Waals surface area contributed by atoms with Gasteiger partial charge < -0.3 is 15.4 Å². The molecule has 3 N–H and O–H groups in total. The summed E-state index contributed by atoms with van der Waals surface area (Å²) in [5.41, 5.74) is 6.99. The van der Waals surface area contributed by atoms with E-state index in [9.17, 15) is 5.11 Å². The smallest absolute Gasteiger partial charge is 0.0769 e. The van der Waals surface area contributed by atoms with E-state index in [2.05, 4.69) is 0 Å². The number of rotatable bonds is 2. The Labute approximate surface area is 89.1 Å². The highest BCUT2D eigenvalue weighted by atomic mass is 16.3. The molecule has 3 heteroatoms.